The zero-order valence-corrected chi connectivity index (χ0v) is 13.0. The summed E-state index contributed by atoms with van der Waals surface area (Å²) in [5, 5.41) is 5.50. The number of ether oxygens (including phenoxy) is 1. The minimum Gasteiger partial charge on any atom is -0.481 e. The molecule has 1 heterocycles. The van der Waals surface area contributed by atoms with Crippen molar-refractivity contribution in [2.45, 2.75) is 0 Å². The van der Waals surface area contributed by atoms with Gasteiger partial charge < -0.3 is 15.8 Å². The molecular formula is C16H14BrN3O. The molecule has 0 amide bonds. The maximum Gasteiger partial charge on any atom is 0.215 e. The second-order valence-corrected chi connectivity index (χ2v) is 5.41. The van der Waals surface area contributed by atoms with E-state index in [1.165, 1.54) is 0 Å². The summed E-state index contributed by atoms with van der Waals surface area (Å²) in [6, 6.07) is 15.6. The van der Waals surface area contributed by atoms with E-state index in [2.05, 4.69) is 38.4 Å². The van der Waals surface area contributed by atoms with Gasteiger partial charge >= 0.3 is 0 Å². The van der Waals surface area contributed by atoms with Crippen LogP contribution in [0.25, 0.3) is 10.8 Å². The van der Waals surface area contributed by atoms with E-state index in [9.17, 15) is 0 Å². The maximum absolute atomic E-state index is 5.98. The molecule has 0 spiro atoms. The number of benzene rings is 2. The number of nitrogen functional groups attached to an aromatic ring is 1. The summed E-state index contributed by atoms with van der Waals surface area (Å²) >= 11 is 3.57. The Hall–Kier alpha value is -2.27. The van der Waals surface area contributed by atoms with Crippen LogP contribution in [-0.2, 0) is 0 Å². The predicted molar refractivity (Wildman–Crippen MR) is 90.1 cm³/mol. The van der Waals surface area contributed by atoms with Gasteiger partial charge in [-0.25, -0.2) is 0 Å². The first-order valence-corrected chi connectivity index (χ1v) is 7.23. The molecule has 0 unspecified atom stereocenters. The van der Waals surface area contributed by atoms with Crippen LogP contribution in [0.1, 0.15) is 0 Å². The molecule has 1 aromatic heterocycles. The van der Waals surface area contributed by atoms with E-state index in [4.69, 9.17) is 10.5 Å². The molecule has 106 valence electrons. The lowest BCUT2D eigenvalue weighted by atomic mass is 10.1. The van der Waals surface area contributed by atoms with Crippen LogP contribution in [0, 0.1) is 0 Å². The Labute approximate surface area is 131 Å². The number of anilines is 3. The maximum atomic E-state index is 5.98. The van der Waals surface area contributed by atoms with Crippen LogP contribution in [0.2, 0.25) is 0 Å². The molecule has 2 aromatic carbocycles. The number of nitrogens with one attached hydrogen (secondary N) is 1. The minimum absolute atomic E-state index is 0.521. The standard InChI is InChI=1S/C16H14BrN3O/c1-21-15-9-7-13(18)16(20-15)19-14-8-6-12(17)10-4-2-3-5-11(10)14/h2-9H,18H2,1H3,(H,19,20). The molecule has 0 aliphatic carbocycles. The molecule has 0 saturated heterocycles. The van der Waals surface area contributed by atoms with Crippen molar-refractivity contribution in [1.29, 1.82) is 0 Å². The van der Waals surface area contributed by atoms with Crippen molar-refractivity contribution in [2.75, 3.05) is 18.2 Å². The molecule has 0 saturated carbocycles. The molecule has 4 nitrogen and oxygen atoms in total. The predicted octanol–water partition coefficient (Wildman–Crippen LogP) is 4.33. The van der Waals surface area contributed by atoms with E-state index in [0.717, 1.165) is 20.9 Å². The Morgan fingerprint density at radius 1 is 1.05 bits per heavy atom. The fourth-order valence-corrected chi connectivity index (χ4v) is 2.64. The first-order valence-electron chi connectivity index (χ1n) is 6.44. The highest BCUT2D eigenvalue weighted by Gasteiger charge is 2.08. The first-order chi connectivity index (χ1) is 10.2. The molecule has 0 bridgehead atoms. The van der Waals surface area contributed by atoms with Gasteiger partial charge in [-0.05, 0) is 23.6 Å². The summed E-state index contributed by atoms with van der Waals surface area (Å²) in [6.07, 6.45) is 0. The van der Waals surface area contributed by atoms with Gasteiger partial charge in [-0.15, -0.1) is 0 Å². The number of halogens is 1. The van der Waals surface area contributed by atoms with E-state index < -0.39 is 0 Å². The van der Waals surface area contributed by atoms with Crippen LogP contribution >= 0.6 is 15.9 Å². The van der Waals surface area contributed by atoms with Gasteiger partial charge in [-0.1, -0.05) is 40.2 Å². The normalized spacial score (nSPS) is 10.6. The van der Waals surface area contributed by atoms with Crippen LogP contribution in [0.3, 0.4) is 0 Å². The van der Waals surface area contributed by atoms with Crippen molar-refractivity contribution in [3.05, 3.63) is 53.0 Å². The van der Waals surface area contributed by atoms with Crippen molar-refractivity contribution in [3.63, 3.8) is 0 Å². The summed E-state index contributed by atoms with van der Waals surface area (Å²) in [6.45, 7) is 0. The summed E-state index contributed by atoms with van der Waals surface area (Å²) in [7, 11) is 1.58. The van der Waals surface area contributed by atoms with Crippen molar-refractivity contribution < 1.29 is 4.74 Å². The third kappa shape index (κ3) is 2.64. The lowest BCUT2D eigenvalue weighted by Crippen LogP contribution is -2.01. The quantitative estimate of drug-likeness (QED) is 0.742. The van der Waals surface area contributed by atoms with Gasteiger partial charge in [0.25, 0.3) is 0 Å². The number of nitrogens with two attached hydrogens (primary N) is 1. The van der Waals surface area contributed by atoms with Gasteiger partial charge in [0, 0.05) is 21.6 Å². The average molecular weight is 344 g/mol. The fraction of sp³-hybridized carbons (Fsp3) is 0.0625. The van der Waals surface area contributed by atoms with E-state index in [1.54, 1.807) is 19.2 Å². The van der Waals surface area contributed by atoms with E-state index in [-0.39, 0.29) is 0 Å². The summed E-state index contributed by atoms with van der Waals surface area (Å²) in [5.74, 6) is 1.11. The summed E-state index contributed by atoms with van der Waals surface area (Å²) in [4.78, 5) is 4.35. The monoisotopic (exact) mass is 343 g/mol. The Morgan fingerprint density at radius 3 is 2.57 bits per heavy atom. The topological polar surface area (TPSA) is 60.2 Å². The molecule has 0 fully saturated rings. The van der Waals surface area contributed by atoms with Crippen LogP contribution in [0.15, 0.2) is 53.0 Å². The number of fused-ring (bicyclic) bond motifs is 1. The van der Waals surface area contributed by atoms with Gasteiger partial charge in [0.05, 0.1) is 12.8 Å². The Bertz CT molecular complexity index is 805. The average Bonchev–Trinajstić information content (AvgIpc) is 2.52. The summed E-state index contributed by atoms with van der Waals surface area (Å²) in [5.41, 5.74) is 7.49. The Balaban J connectivity index is 2.08. The zero-order valence-electron chi connectivity index (χ0n) is 11.4. The molecule has 3 rings (SSSR count). The van der Waals surface area contributed by atoms with Gasteiger partial charge in [-0.2, -0.15) is 4.98 Å². The van der Waals surface area contributed by atoms with E-state index in [0.29, 0.717) is 17.4 Å². The Kier molecular flexibility index (Phi) is 3.66. The molecule has 0 radical (unpaired) electrons. The number of hydrogen-bond donors (Lipinski definition) is 2. The number of methoxy groups -OCH3 is 1. The lowest BCUT2D eigenvalue weighted by molar-refractivity contribution is 0.398. The van der Waals surface area contributed by atoms with Crippen molar-refractivity contribution in [1.82, 2.24) is 4.98 Å². The highest BCUT2D eigenvalue weighted by atomic mass is 79.9. The smallest absolute Gasteiger partial charge is 0.215 e. The lowest BCUT2D eigenvalue weighted by Gasteiger charge is -2.12. The first kappa shape index (κ1) is 13.7. The molecule has 3 N–H and O–H groups in total. The number of aromatic nitrogens is 1. The van der Waals surface area contributed by atoms with Crippen molar-refractivity contribution >= 4 is 43.9 Å². The van der Waals surface area contributed by atoms with Crippen molar-refractivity contribution in [3.8, 4) is 5.88 Å². The van der Waals surface area contributed by atoms with Gasteiger partial charge in [-0.3, -0.25) is 0 Å². The molecular weight excluding hydrogens is 330 g/mol. The largest absolute Gasteiger partial charge is 0.481 e. The molecule has 3 aromatic rings. The zero-order chi connectivity index (χ0) is 14.8. The van der Waals surface area contributed by atoms with Gasteiger partial charge in [0.1, 0.15) is 0 Å². The highest BCUT2D eigenvalue weighted by molar-refractivity contribution is 9.10. The molecule has 5 heteroatoms. The van der Waals surface area contributed by atoms with Crippen LogP contribution in [0.5, 0.6) is 5.88 Å². The number of rotatable bonds is 3. The van der Waals surface area contributed by atoms with Crippen LogP contribution in [0.4, 0.5) is 17.2 Å². The Morgan fingerprint density at radius 2 is 1.81 bits per heavy atom. The fourth-order valence-electron chi connectivity index (χ4n) is 2.16. The van der Waals surface area contributed by atoms with E-state index in [1.807, 2.05) is 24.3 Å². The number of hydrogen-bond acceptors (Lipinski definition) is 4. The third-order valence-corrected chi connectivity index (χ3v) is 3.93. The highest BCUT2D eigenvalue weighted by Crippen LogP contribution is 2.33. The second-order valence-electron chi connectivity index (χ2n) is 4.56. The van der Waals surface area contributed by atoms with E-state index >= 15 is 0 Å². The SMILES string of the molecule is COc1ccc(N)c(Nc2ccc(Br)c3ccccc23)n1. The summed E-state index contributed by atoms with van der Waals surface area (Å²) < 4.78 is 6.19. The van der Waals surface area contributed by atoms with Crippen molar-refractivity contribution in [2.24, 2.45) is 0 Å². The second kappa shape index (κ2) is 5.61. The van der Waals surface area contributed by atoms with Gasteiger partial charge in [0.2, 0.25) is 5.88 Å². The molecule has 0 aliphatic rings. The third-order valence-electron chi connectivity index (χ3n) is 3.23. The molecule has 0 atom stereocenters. The minimum atomic E-state index is 0.521. The molecule has 0 aliphatic heterocycles. The van der Waals surface area contributed by atoms with Crippen LogP contribution in [-0.4, -0.2) is 12.1 Å². The number of pyridine rings is 1. The number of nitrogens with zero attached hydrogens (tertiary/aromatic N) is 1. The van der Waals surface area contributed by atoms with Crippen LogP contribution < -0.4 is 15.8 Å². The van der Waals surface area contributed by atoms with Gasteiger partial charge in [0.15, 0.2) is 5.82 Å². The molecule has 21 heavy (non-hydrogen) atoms.